The average Bonchev–Trinajstić information content (AvgIpc) is 2.70. The van der Waals surface area contributed by atoms with Gasteiger partial charge in [0.05, 0.1) is 6.04 Å². The van der Waals surface area contributed by atoms with Gasteiger partial charge in [-0.3, -0.25) is 4.79 Å². The molecule has 1 aliphatic carbocycles. The zero-order chi connectivity index (χ0) is 11.3. The second kappa shape index (κ2) is 6.11. The molecule has 0 aromatic rings. The molecule has 15 heavy (non-hydrogen) atoms. The second-order valence-corrected chi connectivity index (χ2v) is 4.62. The predicted molar refractivity (Wildman–Crippen MR) is 62.7 cm³/mol. The summed E-state index contributed by atoms with van der Waals surface area (Å²) in [5.41, 5.74) is 0. The van der Waals surface area contributed by atoms with Crippen molar-refractivity contribution >= 4 is 5.91 Å². The van der Waals surface area contributed by atoms with Gasteiger partial charge in [-0.05, 0) is 39.5 Å². The smallest absolute Gasteiger partial charge is 0.236 e. The van der Waals surface area contributed by atoms with Gasteiger partial charge >= 0.3 is 0 Å². The van der Waals surface area contributed by atoms with Crippen LogP contribution in [0.1, 0.15) is 46.5 Å². The van der Waals surface area contributed by atoms with Gasteiger partial charge in [0, 0.05) is 12.6 Å². The van der Waals surface area contributed by atoms with Crippen LogP contribution < -0.4 is 10.6 Å². The van der Waals surface area contributed by atoms with Crippen LogP contribution in [0.3, 0.4) is 0 Å². The van der Waals surface area contributed by atoms with E-state index in [0.29, 0.717) is 12.6 Å². The Labute approximate surface area is 93.0 Å². The molecule has 0 radical (unpaired) electrons. The van der Waals surface area contributed by atoms with E-state index in [1.54, 1.807) is 0 Å². The van der Waals surface area contributed by atoms with Crippen LogP contribution in [0.25, 0.3) is 0 Å². The maximum atomic E-state index is 11.5. The Hall–Kier alpha value is -0.570. The topological polar surface area (TPSA) is 41.1 Å². The van der Waals surface area contributed by atoms with Crippen LogP contribution in [0.2, 0.25) is 0 Å². The van der Waals surface area contributed by atoms with Crippen LogP contribution in [0.15, 0.2) is 0 Å². The summed E-state index contributed by atoms with van der Waals surface area (Å²) in [4.78, 5) is 11.5. The zero-order valence-electron chi connectivity index (χ0n) is 10.2. The molecule has 1 aliphatic rings. The Balaban J connectivity index is 2.29. The molecule has 0 aromatic heterocycles. The Morgan fingerprint density at radius 3 is 2.47 bits per heavy atom. The first kappa shape index (κ1) is 12.5. The van der Waals surface area contributed by atoms with Crippen LogP contribution in [0.4, 0.5) is 0 Å². The third-order valence-corrected chi connectivity index (χ3v) is 3.36. The molecule has 1 unspecified atom stereocenters. The van der Waals surface area contributed by atoms with E-state index in [2.05, 4.69) is 17.6 Å². The number of nitrogens with one attached hydrogen (secondary N) is 2. The zero-order valence-corrected chi connectivity index (χ0v) is 10.2. The number of carbonyl (C=O) groups is 1. The van der Waals surface area contributed by atoms with Crippen molar-refractivity contribution in [1.29, 1.82) is 0 Å². The molecule has 3 heteroatoms. The lowest BCUT2D eigenvalue weighted by Gasteiger charge is -2.24. The summed E-state index contributed by atoms with van der Waals surface area (Å²) in [7, 11) is 0. The fraction of sp³-hybridized carbons (Fsp3) is 0.917. The molecule has 2 N–H and O–H groups in total. The van der Waals surface area contributed by atoms with Crippen LogP contribution >= 0.6 is 0 Å². The van der Waals surface area contributed by atoms with Crippen LogP contribution in [0, 0.1) is 5.92 Å². The summed E-state index contributed by atoms with van der Waals surface area (Å²) in [5, 5.41) is 6.23. The van der Waals surface area contributed by atoms with Gasteiger partial charge < -0.3 is 10.6 Å². The fourth-order valence-electron chi connectivity index (χ4n) is 2.39. The fourth-order valence-corrected chi connectivity index (χ4v) is 2.39. The molecule has 3 nitrogen and oxygen atoms in total. The van der Waals surface area contributed by atoms with Gasteiger partial charge in [0.1, 0.15) is 0 Å². The third-order valence-electron chi connectivity index (χ3n) is 3.36. The number of amides is 1. The van der Waals surface area contributed by atoms with E-state index < -0.39 is 0 Å². The Kier molecular flexibility index (Phi) is 5.09. The maximum absolute atomic E-state index is 11.5. The SMILES string of the molecule is CCNC(=O)C(C)N[C@@H](C)C1CCCC1. The van der Waals surface area contributed by atoms with E-state index in [4.69, 9.17) is 0 Å². The van der Waals surface area contributed by atoms with E-state index in [9.17, 15) is 4.79 Å². The van der Waals surface area contributed by atoms with Crippen molar-refractivity contribution in [3.05, 3.63) is 0 Å². The molecule has 0 spiro atoms. The number of rotatable bonds is 5. The van der Waals surface area contributed by atoms with Crippen molar-refractivity contribution < 1.29 is 4.79 Å². The molecule has 0 bridgehead atoms. The molecule has 88 valence electrons. The number of hydrogen-bond donors (Lipinski definition) is 2. The molecule has 0 saturated heterocycles. The third kappa shape index (κ3) is 3.82. The molecule has 1 saturated carbocycles. The van der Waals surface area contributed by atoms with E-state index in [-0.39, 0.29) is 11.9 Å². The summed E-state index contributed by atoms with van der Waals surface area (Å²) in [6, 6.07) is 0.394. The summed E-state index contributed by atoms with van der Waals surface area (Å²) < 4.78 is 0. The van der Waals surface area contributed by atoms with Gasteiger partial charge in [0.25, 0.3) is 0 Å². The monoisotopic (exact) mass is 212 g/mol. The van der Waals surface area contributed by atoms with Crippen LogP contribution in [0.5, 0.6) is 0 Å². The molecule has 1 rings (SSSR count). The molecular weight excluding hydrogens is 188 g/mol. The van der Waals surface area contributed by atoms with Crippen molar-refractivity contribution in [3.8, 4) is 0 Å². The normalized spacial score (nSPS) is 21.3. The van der Waals surface area contributed by atoms with Gasteiger partial charge in [-0.2, -0.15) is 0 Å². The lowest BCUT2D eigenvalue weighted by molar-refractivity contribution is -0.122. The highest BCUT2D eigenvalue weighted by Crippen LogP contribution is 2.27. The predicted octanol–water partition coefficient (Wildman–Crippen LogP) is 1.68. The first-order valence-electron chi connectivity index (χ1n) is 6.19. The standard InChI is InChI=1S/C12H24N2O/c1-4-13-12(15)10(3)14-9(2)11-7-5-6-8-11/h9-11,14H,4-8H2,1-3H3,(H,13,15)/t9-,10?/m0/s1. The highest BCUT2D eigenvalue weighted by molar-refractivity contribution is 5.81. The minimum absolute atomic E-state index is 0.0689. The van der Waals surface area contributed by atoms with E-state index in [1.807, 2.05) is 13.8 Å². The Morgan fingerprint density at radius 1 is 1.33 bits per heavy atom. The molecule has 2 atom stereocenters. The average molecular weight is 212 g/mol. The van der Waals surface area contributed by atoms with Gasteiger partial charge in [-0.15, -0.1) is 0 Å². The van der Waals surface area contributed by atoms with E-state index >= 15 is 0 Å². The van der Waals surface area contributed by atoms with E-state index in [1.165, 1.54) is 25.7 Å². The van der Waals surface area contributed by atoms with Crippen LogP contribution in [-0.2, 0) is 4.79 Å². The molecular formula is C12H24N2O. The molecule has 1 fully saturated rings. The second-order valence-electron chi connectivity index (χ2n) is 4.62. The molecule has 1 amide bonds. The first-order valence-corrected chi connectivity index (χ1v) is 6.19. The Bertz CT molecular complexity index is 200. The lowest BCUT2D eigenvalue weighted by atomic mass is 9.99. The summed E-state index contributed by atoms with van der Waals surface area (Å²) >= 11 is 0. The van der Waals surface area contributed by atoms with Crippen molar-refractivity contribution in [3.63, 3.8) is 0 Å². The van der Waals surface area contributed by atoms with Crippen molar-refractivity contribution in [2.45, 2.75) is 58.5 Å². The largest absolute Gasteiger partial charge is 0.355 e. The Morgan fingerprint density at radius 2 is 1.93 bits per heavy atom. The highest BCUT2D eigenvalue weighted by Gasteiger charge is 2.24. The quantitative estimate of drug-likeness (QED) is 0.728. The molecule has 0 aromatic carbocycles. The number of hydrogen-bond acceptors (Lipinski definition) is 2. The number of carbonyl (C=O) groups excluding carboxylic acids is 1. The lowest BCUT2D eigenvalue weighted by Crippen LogP contribution is -2.47. The minimum atomic E-state index is -0.0689. The summed E-state index contributed by atoms with van der Waals surface area (Å²) in [6.07, 6.45) is 5.34. The minimum Gasteiger partial charge on any atom is -0.355 e. The van der Waals surface area contributed by atoms with Crippen molar-refractivity contribution in [2.24, 2.45) is 5.92 Å². The summed E-state index contributed by atoms with van der Waals surface area (Å²) in [5.74, 6) is 0.879. The maximum Gasteiger partial charge on any atom is 0.236 e. The van der Waals surface area contributed by atoms with Crippen molar-refractivity contribution in [2.75, 3.05) is 6.54 Å². The first-order chi connectivity index (χ1) is 7.15. The van der Waals surface area contributed by atoms with Gasteiger partial charge in [-0.25, -0.2) is 0 Å². The van der Waals surface area contributed by atoms with Gasteiger partial charge in [0.15, 0.2) is 0 Å². The highest BCUT2D eigenvalue weighted by atomic mass is 16.2. The van der Waals surface area contributed by atoms with Gasteiger partial charge in [-0.1, -0.05) is 12.8 Å². The molecule has 0 heterocycles. The van der Waals surface area contributed by atoms with Crippen molar-refractivity contribution in [1.82, 2.24) is 10.6 Å². The molecule has 0 aliphatic heterocycles. The van der Waals surface area contributed by atoms with Crippen LogP contribution in [-0.4, -0.2) is 24.5 Å². The number of likely N-dealkylation sites (N-methyl/N-ethyl adjacent to an activating group) is 1. The van der Waals surface area contributed by atoms with E-state index in [0.717, 1.165) is 5.92 Å². The van der Waals surface area contributed by atoms with Gasteiger partial charge in [0.2, 0.25) is 5.91 Å². The summed E-state index contributed by atoms with van der Waals surface area (Å²) in [6.45, 7) is 6.80.